The van der Waals surface area contributed by atoms with Crippen molar-refractivity contribution >= 4 is 32.0 Å². The third-order valence-corrected chi connectivity index (χ3v) is 5.06. The van der Waals surface area contributed by atoms with E-state index in [2.05, 4.69) is 4.72 Å². The van der Waals surface area contributed by atoms with Gasteiger partial charge in [-0.25, -0.2) is 13.1 Å². The van der Waals surface area contributed by atoms with Crippen molar-refractivity contribution in [3.63, 3.8) is 0 Å². The summed E-state index contributed by atoms with van der Waals surface area (Å²) >= 11 is 0.663. The third kappa shape index (κ3) is 4.71. The van der Waals surface area contributed by atoms with E-state index in [-0.39, 0.29) is 22.4 Å². The second kappa shape index (κ2) is 6.97. The molecule has 0 spiro atoms. The zero-order valence-electron chi connectivity index (χ0n) is 11.2. The summed E-state index contributed by atoms with van der Waals surface area (Å²) in [5.74, 6) is 0.367. The Kier molecular flexibility index (Phi) is 5.87. The molecular formula is C10H17N3O5S2. The molecular weight excluding hydrogens is 306 g/mol. The predicted molar refractivity (Wildman–Crippen MR) is 76.2 cm³/mol. The van der Waals surface area contributed by atoms with Gasteiger partial charge in [-0.15, -0.1) is 0 Å². The number of nitrogens with one attached hydrogen (secondary N) is 1. The van der Waals surface area contributed by atoms with Crippen LogP contribution < -0.4 is 10.5 Å². The van der Waals surface area contributed by atoms with Crippen LogP contribution in [0.4, 0.5) is 10.7 Å². The van der Waals surface area contributed by atoms with E-state index in [0.717, 1.165) is 6.07 Å². The minimum atomic E-state index is -3.79. The molecule has 0 atom stereocenters. The van der Waals surface area contributed by atoms with E-state index in [9.17, 15) is 18.5 Å². The van der Waals surface area contributed by atoms with E-state index in [1.165, 1.54) is 0 Å². The summed E-state index contributed by atoms with van der Waals surface area (Å²) in [6.07, 6.45) is 0. The van der Waals surface area contributed by atoms with Crippen LogP contribution in [0.15, 0.2) is 10.3 Å². The number of nitrogens with two attached hydrogens (primary N) is 1. The predicted octanol–water partition coefficient (Wildman–Crippen LogP) is 1.19. The van der Waals surface area contributed by atoms with E-state index in [1.54, 1.807) is 0 Å². The highest BCUT2D eigenvalue weighted by Gasteiger charge is 2.24. The molecule has 0 bridgehead atoms. The van der Waals surface area contributed by atoms with Crippen molar-refractivity contribution in [1.29, 1.82) is 0 Å². The molecule has 1 rings (SSSR count). The number of nitro groups is 1. The van der Waals surface area contributed by atoms with Gasteiger partial charge in [-0.05, 0) is 5.92 Å². The number of anilines is 1. The number of ether oxygens (including phenoxy) is 1. The first kappa shape index (κ1) is 16.8. The van der Waals surface area contributed by atoms with E-state index in [1.807, 2.05) is 13.8 Å². The Morgan fingerprint density at radius 3 is 2.70 bits per heavy atom. The van der Waals surface area contributed by atoms with Crippen LogP contribution in [-0.2, 0) is 14.8 Å². The molecule has 8 nitrogen and oxygen atoms in total. The summed E-state index contributed by atoms with van der Waals surface area (Å²) in [4.78, 5) is 9.91. The summed E-state index contributed by atoms with van der Waals surface area (Å²) in [6, 6.07) is 0.956. The largest absolute Gasteiger partial charge is 0.385 e. The number of thiophene rings is 1. The molecule has 1 aromatic heterocycles. The van der Waals surface area contributed by atoms with Crippen LogP contribution in [-0.4, -0.2) is 33.1 Å². The molecule has 0 aliphatic carbocycles. The smallest absolute Gasteiger partial charge is 0.304 e. The minimum Gasteiger partial charge on any atom is -0.385 e. The van der Waals surface area contributed by atoms with Crippen molar-refractivity contribution in [2.24, 2.45) is 5.92 Å². The Bertz CT molecular complexity index is 567. The second-order valence-electron chi connectivity index (χ2n) is 4.44. The van der Waals surface area contributed by atoms with Gasteiger partial charge in [0.05, 0.1) is 11.5 Å². The maximum Gasteiger partial charge on any atom is 0.304 e. The molecule has 1 heterocycles. The molecule has 10 heteroatoms. The highest BCUT2D eigenvalue weighted by molar-refractivity contribution is 7.91. The van der Waals surface area contributed by atoms with E-state index in [0.29, 0.717) is 23.9 Å². The lowest BCUT2D eigenvalue weighted by atomic mass is 10.2. The lowest BCUT2D eigenvalue weighted by molar-refractivity contribution is -0.383. The van der Waals surface area contributed by atoms with Gasteiger partial charge in [0.1, 0.15) is 4.21 Å². The normalized spacial score (nSPS) is 11.9. The molecule has 0 saturated carbocycles. The van der Waals surface area contributed by atoms with Crippen LogP contribution in [0.5, 0.6) is 0 Å². The van der Waals surface area contributed by atoms with Gasteiger partial charge in [-0.2, -0.15) is 0 Å². The first-order chi connectivity index (χ1) is 9.24. The average molecular weight is 323 g/mol. The van der Waals surface area contributed by atoms with Gasteiger partial charge < -0.3 is 10.5 Å². The highest BCUT2D eigenvalue weighted by Crippen LogP contribution is 2.34. The summed E-state index contributed by atoms with van der Waals surface area (Å²) < 4.78 is 31.1. The Morgan fingerprint density at radius 2 is 2.20 bits per heavy atom. The van der Waals surface area contributed by atoms with E-state index < -0.39 is 20.6 Å². The number of hydrogen-bond donors (Lipinski definition) is 2. The quantitative estimate of drug-likeness (QED) is 0.420. The van der Waals surface area contributed by atoms with E-state index in [4.69, 9.17) is 10.5 Å². The van der Waals surface area contributed by atoms with Gasteiger partial charge in [0, 0.05) is 19.2 Å². The van der Waals surface area contributed by atoms with Crippen molar-refractivity contribution in [3.8, 4) is 0 Å². The highest BCUT2D eigenvalue weighted by atomic mass is 32.2. The fraction of sp³-hybridized carbons (Fsp3) is 0.600. The Labute approximate surface area is 121 Å². The standard InChI is InChI=1S/C10H17N3O5S2/c1-7(2)6-18-4-3-12-20(16,17)9-5-8(13(14)15)10(11)19-9/h5,7,12H,3-4,6,11H2,1-2H3. The third-order valence-electron chi connectivity index (χ3n) is 2.17. The van der Waals surface area contributed by atoms with Gasteiger partial charge in [0.15, 0.2) is 5.00 Å². The minimum absolute atomic E-state index is 0.0979. The van der Waals surface area contributed by atoms with Crippen molar-refractivity contribution in [1.82, 2.24) is 4.72 Å². The first-order valence-electron chi connectivity index (χ1n) is 5.85. The summed E-state index contributed by atoms with van der Waals surface area (Å²) in [5, 5.41) is 10.5. The SMILES string of the molecule is CC(C)COCCNS(=O)(=O)c1cc([N+](=O)[O-])c(N)s1. The Hall–Kier alpha value is -1.23. The lowest BCUT2D eigenvalue weighted by Gasteiger charge is -2.07. The molecule has 0 aliphatic rings. The summed E-state index contributed by atoms with van der Waals surface area (Å²) in [7, 11) is -3.79. The van der Waals surface area contributed by atoms with Gasteiger partial charge in [-0.3, -0.25) is 10.1 Å². The summed E-state index contributed by atoms with van der Waals surface area (Å²) in [6.45, 7) is 4.84. The van der Waals surface area contributed by atoms with Crippen molar-refractivity contribution < 1.29 is 18.1 Å². The fourth-order valence-corrected chi connectivity index (χ4v) is 3.56. The number of nitrogens with zero attached hydrogens (tertiary/aromatic N) is 1. The maximum atomic E-state index is 11.9. The Morgan fingerprint density at radius 1 is 1.55 bits per heavy atom. The molecule has 114 valence electrons. The zero-order valence-corrected chi connectivity index (χ0v) is 12.8. The molecule has 1 aromatic rings. The monoisotopic (exact) mass is 323 g/mol. The van der Waals surface area contributed by atoms with Crippen LogP contribution in [0.3, 0.4) is 0 Å². The van der Waals surface area contributed by atoms with Gasteiger partial charge in [0.25, 0.3) is 0 Å². The molecule has 20 heavy (non-hydrogen) atoms. The lowest BCUT2D eigenvalue weighted by Crippen LogP contribution is -2.27. The van der Waals surface area contributed by atoms with Crippen LogP contribution in [0.2, 0.25) is 0 Å². The molecule has 0 aliphatic heterocycles. The second-order valence-corrected chi connectivity index (χ2v) is 7.52. The Balaban J connectivity index is 2.61. The van der Waals surface area contributed by atoms with Gasteiger partial charge in [-0.1, -0.05) is 25.2 Å². The fourth-order valence-electron chi connectivity index (χ4n) is 1.29. The van der Waals surface area contributed by atoms with Gasteiger partial charge >= 0.3 is 5.69 Å². The van der Waals surface area contributed by atoms with Gasteiger partial charge in [0.2, 0.25) is 10.0 Å². The number of rotatable bonds is 8. The number of sulfonamides is 1. The van der Waals surface area contributed by atoms with Crippen molar-refractivity contribution in [2.45, 2.75) is 18.1 Å². The van der Waals surface area contributed by atoms with Crippen LogP contribution in [0.25, 0.3) is 0 Å². The molecule has 0 unspecified atom stereocenters. The molecule has 0 saturated heterocycles. The van der Waals surface area contributed by atoms with E-state index >= 15 is 0 Å². The average Bonchev–Trinajstić information content (AvgIpc) is 2.71. The first-order valence-corrected chi connectivity index (χ1v) is 8.15. The van der Waals surface area contributed by atoms with Crippen LogP contribution in [0, 0.1) is 16.0 Å². The summed E-state index contributed by atoms with van der Waals surface area (Å²) in [5.41, 5.74) is 5.01. The molecule has 0 aromatic carbocycles. The topological polar surface area (TPSA) is 125 Å². The zero-order chi connectivity index (χ0) is 15.3. The number of nitrogen functional groups attached to an aromatic ring is 1. The molecule has 0 fully saturated rings. The number of hydrogen-bond acceptors (Lipinski definition) is 7. The van der Waals surface area contributed by atoms with Crippen LogP contribution >= 0.6 is 11.3 Å². The molecule has 0 amide bonds. The van der Waals surface area contributed by atoms with Crippen molar-refractivity contribution in [3.05, 3.63) is 16.2 Å². The maximum absolute atomic E-state index is 11.9. The van der Waals surface area contributed by atoms with Crippen LogP contribution in [0.1, 0.15) is 13.8 Å². The van der Waals surface area contributed by atoms with Crippen molar-refractivity contribution in [2.75, 3.05) is 25.5 Å². The molecule has 3 N–H and O–H groups in total. The molecule has 0 radical (unpaired) electrons.